The molecule has 0 fully saturated rings. The molecule has 4 rings (SSSR count). The molecule has 1 atom stereocenters. The highest BCUT2D eigenvalue weighted by Crippen LogP contribution is 2.25. The van der Waals surface area contributed by atoms with E-state index >= 15 is 0 Å². The van der Waals surface area contributed by atoms with E-state index in [1.54, 1.807) is 0 Å². The summed E-state index contributed by atoms with van der Waals surface area (Å²) in [5, 5.41) is 0.491. The van der Waals surface area contributed by atoms with E-state index in [9.17, 15) is 13.6 Å². The highest BCUT2D eigenvalue weighted by molar-refractivity contribution is 5.83. The van der Waals surface area contributed by atoms with Crippen molar-refractivity contribution < 1.29 is 8.78 Å². The van der Waals surface area contributed by atoms with Gasteiger partial charge >= 0.3 is 0 Å². The van der Waals surface area contributed by atoms with Gasteiger partial charge in [0.1, 0.15) is 5.82 Å². The zero-order valence-corrected chi connectivity index (χ0v) is 15.8. The van der Waals surface area contributed by atoms with Crippen LogP contribution in [-0.2, 0) is 13.0 Å². The third kappa shape index (κ3) is 3.19. The van der Waals surface area contributed by atoms with Gasteiger partial charge in [0.05, 0.1) is 23.1 Å². The highest BCUT2D eigenvalue weighted by atomic mass is 19.2. The van der Waals surface area contributed by atoms with Crippen molar-refractivity contribution in [3.8, 4) is 0 Å². The van der Waals surface area contributed by atoms with Gasteiger partial charge in [0.25, 0.3) is 0 Å². The number of halogens is 2. The van der Waals surface area contributed by atoms with E-state index in [4.69, 9.17) is 4.98 Å². The molecule has 2 aromatic carbocycles. The summed E-state index contributed by atoms with van der Waals surface area (Å²) in [5.74, 6) is -0.637. The highest BCUT2D eigenvalue weighted by Gasteiger charge is 2.16. The Morgan fingerprint density at radius 3 is 2.75 bits per heavy atom. The Morgan fingerprint density at radius 2 is 1.96 bits per heavy atom. The number of benzene rings is 2. The number of H-pyrrole nitrogens is 1. The molecule has 0 bridgehead atoms. The molecule has 0 saturated carbocycles. The molecule has 1 unspecified atom stereocenters. The molecule has 0 radical (unpaired) electrons. The number of aromatic amines is 1. The van der Waals surface area contributed by atoms with Gasteiger partial charge in [-0.15, -0.1) is 0 Å². The Morgan fingerprint density at radius 1 is 1.18 bits per heavy atom. The molecule has 28 heavy (non-hydrogen) atoms. The Balaban J connectivity index is 1.90. The van der Waals surface area contributed by atoms with Crippen molar-refractivity contribution in [2.45, 2.75) is 33.2 Å². The average Bonchev–Trinajstić information content (AvgIpc) is 3.02. The van der Waals surface area contributed by atoms with Crippen molar-refractivity contribution in [3.05, 3.63) is 75.8 Å². The predicted molar refractivity (Wildman–Crippen MR) is 106 cm³/mol. The standard InChI is InChI=1S/C22H21F2N3O/c1-3-13(2)10-19-25-17-6-4-5-7-18(17)27(19)12-14-11-20(28)26-22-15(14)8-9-16(23)21(22)24/h4-9,11,13H,3,10,12H2,1-2H3,(H,26,28). The van der Waals surface area contributed by atoms with Crippen LogP contribution < -0.4 is 5.56 Å². The minimum atomic E-state index is -1.04. The molecule has 6 heteroatoms. The fraction of sp³-hybridized carbons (Fsp3) is 0.273. The lowest BCUT2D eigenvalue weighted by molar-refractivity contribution is 0.515. The van der Waals surface area contributed by atoms with Crippen molar-refractivity contribution in [2.75, 3.05) is 0 Å². The van der Waals surface area contributed by atoms with Crippen molar-refractivity contribution in [3.63, 3.8) is 0 Å². The van der Waals surface area contributed by atoms with Gasteiger partial charge in [-0.1, -0.05) is 32.4 Å². The van der Waals surface area contributed by atoms with Crippen molar-refractivity contribution in [1.29, 1.82) is 0 Å². The summed E-state index contributed by atoms with van der Waals surface area (Å²) in [6.45, 7) is 4.67. The molecule has 4 aromatic rings. The largest absolute Gasteiger partial charge is 0.323 e. The van der Waals surface area contributed by atoms with E-state index < -0.39 is 17.2 Å². The van der Waals surface area contributed by atoms with Crippen LogP contribution in [0.15, 0.2) is 47.3 Å². The van der Waals surface area contributed by atoms with E-state index in [1.165, 1.54) is 12.1 Å². The number of para-hydroxylation sites is 2. The quantitative estimate of drug-likeness (QED) is 0.540. The molecule has 0 aliphatic heterocycles. The van der Waals surface area contributed by atoms with E-state index in [0.717, 1.165) is 35.8 Å². The lowest BCUT2D eigenvalue weighted by Crippen LogP contribution is -2.13. The van der Waals surface area contributed by atoms with Crippen LogP contribution in [0, 0.1) is 17.6 Å². The smallest absolute Gasteiger partial charge is 0.248 e. The van der Waals surface area contributed by atoms with Gasteiger partial charge in [-0.25, -0.2) is 13.8 Å². The first kappa shape index (κ1) is 18.3. The number of nitrogens with zero attached hydrogens (tertiary/aromatic N) is 2. The van der Waals surface area contributed by atoms with Crippen LogP contribution >= 0.6 is 0 Å². The zero-order valence-electron chi connectivity index (χ0n) is 15.8. The summed E-state index contributed by atoms with van der Waals surface area (Å²) in [6.07, 6.45) is 1.83. The summed E-state index contributed by atoms with van der Waals surface area (Å²) in [4.78, 5) is 19.3. The van der Waals surface area contributed by atoms with Crippen LogP contribution in [0.3, 0.4) is 0 Å². The molecule has 0 spiro atoms. The number of nitrogens with one attached hydrogen (secondary N) is 1. The fourth-order valence-electron chi connectivity index (χ4n) is 3.55. The number of pyridine rings is 1. The molecule has 1 N–H and O–H groups in total. The fourth-order valence-corrected chi connectivity index (χ4v) is 3.55. The number of imidazole rings is 1. The maximum atomic E-state index is 14.2. The van der Waals surface area contributed by atoms with Gasteiger partial charge in [-0.05, 0) is 35.7 Å². The first-order valence-corrected chi connectivity index (χ1v) is 9.42. The Hall–Kier alpha value is -3.02. The van der Waals surface area contributed by atoms with Crippen LogP contribution in [0.25, 0.3) is 21.9 Å². The van der Waals surface area contributed by atoms with Crippen LogP contribution in [0.5, 0.6) is 0 Å². The second-order valence-corrected chi connectivity index (χ2v) is 7.26. The number of aromatic nitrogens is 3. The predicted octanol–water partition coefficient (Wildman–Crippen LogP) is 4.79. The van der Waals surface area contributed by atoms with Gasteiger partial charge in [0.2, 0.25) is 5.56 Å². The molecular formula is C22H21F2N3O. The molecule has 0 aliphatic rings. The molecule has 4 nitrogen and oxygen atoms in total. The lowest BCUT2D eigenvalue weighted by Gasteiger charge is -2.14. The van der Waals surface area contributed by atoms with Gasteiger partial charge in [-0.2, -0.15) is 0 Å². The Kier molecular flexibility index (Phi) is 4.71. The molecule has 2 heterocycles. The first-order chi connectivity index (χ1) is 13.5. The zero-order chi connectivity index (χ0) is 19.8. The summed E-state index contributed by atoms with van der Waals surface area (Å²) in [5.41, 5.74) is 1.91. The molecule has 0 saturated heterocycles. The lowest BCUT2D eigenvalue weighted by atomic mass is 10.0. The summed E-state index contributed by atoms with van der Waals surface area (Å²) in [7, 11) is 0. The van der Waals surface area contributed by atoms with Gasteiger partial charge in [0, 0.05) is 17.9 Å². The second kappa shape index (κ2) is 7.19. The number of fused-ring (bicyclic) bond motifs is 2. The van der Waals surface area contributed by atoms with E-state index in [0.29, 0.717) is 23.4 Å². The maximum absolute atomic E-state index is 14.2. The van der Waals surface area contributed by atoms with Crippen LogP contribution in [-0.4, -0.2) is 14.5 Å². The minimum Gasteiger partial charge on any atom is -0.323 e. The van der Waals surface area contributed by atoms with Crippen molar-refractivity contribution in [2.24, 2.45) is 5.92 Å². The number of hydrogen-bond donors (Lipinski definition) is 1. The maximum Gasteiger partial charge on any atom is 0.248 e. The Bertz CT molecular complexity index is 1230. The van der Waals surface area contributed by atoms with Crippen molar-refractivity contribution in [1.82, 2.24) is 14.5 Å². The topological polar surface area (TPSA) is 50.7 Å². The van der Waals surface area contributed by atoms with Gasteiger partial charge in [-0.3, -0.25) is 4.79 Å². The summed E-state index contributed by atoms with van der Waals surface area (Å²) < 4.78 is 29.9. The first-order valence-electron chi connectivity index (χ1n) is 9.42. The molecule has 0 aliphatic carbocycles. The Labute approximate surface area is 160 Å². The van der Waals surface area contributed by atoms with E-state index in [1.807, 2.05) is 24.3 Å². The SMILES string of the molecule is CCC(C)Cc1nc2ccccc2n1Cc1cc(=O)[nH]c2c(F)c(F)ccc12. The minimum absolute atomic E-state index is 0.101. The number of rotatable bonds is 5. The average molecular weight is 381 g/mol. The van der Waals surface area contributed by atoms with Crippen molar-refractivity contribution >= 4 is 21.9 Å². The van der Waals surface area contributed by atoms with E-state index in [-0.39, 0.29) is 5.52 Å². The summed E-state index contributed by atoms with van der Waals surface area (Å²) in [6, 6.07) is 11.9. The third-order valence-corrected chi connectivity index (χ3v) is 5.28. The third-order valence-electron chi connectivity index (χ3n) is 5.28. The van der Waals surface area contributed by atoms with Crippen LogP contribution in [0.4, 0.5) is 8.78 Å². The molecule has 144 valence electrons. The van der Waals surface area contributed by atoms with Crippen LogP contribution in [0.2, 0.25) is 0 Å². The monoisotopic (exact) mass is 381 g/mol. The molecular weight excluding hydrogens is 360 g/mol. The number of hydrogen-bond acceptors (Lipinski definition) is 2. The second-order valence-electron chi connectivity index (χ2n) is 7.26. The summed E-state index contributed by atoms with van der Waals surface area (Å²) >= 11 is 0. The van der Waals surface area contributed by atoms with Gasteiger partial charge in [0.15, 0.2) is 11.6 Å². The van der Waals surface area contributed by atoms with Gasteiger partial charge < -0.3 is 9.55 Å². The normalized spacial score (nSPS) is 12.7. The van der Waals surface area contributed by atoms with Crippen LogP contribution in [0.1, 0.15) is 31.7 Å². The molecule has 2 aromatic heterocycles. The molecule has 0 amide bonds. The van der Waals surface area contributed by atoms with E-state index in [2.05, 4.69) is 23.4 Å².